The standard InChI is InChI=1S/C14H13N3/c1-10-12(3-2-6-15-10)11-4-5-13-14(9-11)17-8-7-16-13/h2-6,9H,7-8H2,1H3. The lowest BCUT2D eigenvalue weighted by atomic mass is 10.0. The van der Waals surface area contributed by atoms with Crippen molar-refractivity contribution in [1.29, 1.82) is 0 Å². The molecule has 3 heteroatoms. The first-order chi connectivity index (χ1) is 8.34. The Labute approximate surface area is 99.6 Å². The molecule has 0 amide bonds. The van der Waals surface area contributed by atoms with E-state index >= 15 is 0 Å². The highest BCUT2D eigenvalue weighted by Crippen LogP contribution is 2.18. The summed E-state index contributed by atoms with van der Waals surface area (Å²) in [7, 11) is 0. The summed E-state index contributed by atoms with van der Waals surface area (Å²) in [5.41, 5.74) is 3.37. The molecule has 0 aliphatic carbocycles. The molecule has 0 spiro atoms. The van der Waals surface area contributed by atoms with Crippen LogP contribution in [0.4, 0.5) is 0 Å². The predicted octanol–water partition coefficient (Wildman–Crippen LogP) is 1.31. The summed E-state index contributed by atoms with van der Waals surface area (Å²) in [5.74, 6) is 0. The van der Waals surface area contributed by atoms with Crippen LogP contribution in [-0.2, 0) is 0 Å². The molecule has 17 heavy (non-hydrogen) atoms. The van der Waals surface area contributed by atoms with Crippen molar-refractivity contribution >= 4 is 0 Å². The van der Waals surface area contributed by atoms with Crippen molar-refractivity contribution in [3.05, 3.63) is 52.9 Å². The van der Waals surface area contributed by atoms with E-state index in [2.05, 4.69) is 33.2 Å². The van der Waals surface area contributed by atoms with Gasteiger partial charge in [0.25, 0.3) is 0 Å². The second-order valence-corrected chi connectivity index (χ2v) is 4.10. The van der Waals surface area contributed by atoms with E-state index in [0.29, 0.717) is 0 Å². The lowest BCUT2D eigenvalue weighted by Gasteiger charge is -2.06. The van der Waals surface area contributed by atoms with E-state index in [0.717, 1.165) is 40.6 Å². The summed E-state index contributed by atoms with van der Waals surface area (Å²) in [5, 5.41) is 2.00. The summed E-state index contributed by atoms with van der Waals surface area (Å²) < 4.78 is 0. The van der Waals surface area contributed by atoms with Crippen LogP contribution in [0.3, 0.4) is 0 Å². The Balaban J connectivity index is 2.21. The van der Waals surface area contributed by atoms with Gasteiger partial charge < -0.3 is 0 Å². The largest absolute Gasteiger partial charge is 0.281 e. The van der Waals surface area contributed by atoms with Gasteiger partial charge in [-0.05, 0) is 30.7 Å². The second-order valence-electron chi connectivity index (χ2n) is 4.10. The van der Waals surface area contributed by atoms with Crippen molar-refractivity contribution in [3.8, 4) is 11.1 Å². The van der Waals surface area contributed by atoms with Crippen LogP contribution in [0.1, 0.15) is 5.69 Å². The molecule has 3 nitrogen and oxygen atoms in total. The Morgan fingerprint density at radius 3 is 2.65 bits per heavy atom. The number of benzene rings is 1. The highest BCUT2D eigenvalue weighted by Gasteiger charge is 2.03. The molecule has 0 N–H and O–H groups in total. The average molecular weight is 223 g/mol. The highest BCUT2D eigenvalue weighted by molar-refractivity contribution is 5.65. The van der Waals surface area contributed by atoms with Gasteiger partial charge in [-0.25, -0.2) is 0 Å². The van der Waals surface area contributed by atoms with Gasteiger partial charge in [-0.3, -0.25) is 15.0 Å². The van der Waals surface area contributed by atoms with Crippen LogP contribution in [-0.4, -0.2) is 18.1 Å². The van der Waals surface area contributed by atoms with Crippen molar-refractivity contribution in [2.45, 2.75) is 6.92 Å². The number of fused-ring (bicyclic) bond motifs is 1. The first-order valence-corrected chi connectivity index (χ1v) is 5.75. The van der Waals surface area contributed by atoms with Crippen molar-refractivity contribution in [2.75, 3.05) is 13.1 Å². The zero-order valence-electron chi connectivity index (χ0n) is 9.72. The summed E-state index contributed by atoms with van der Waals surface area (Å²) in [4.78, 5) is 13.2. The van der Waals surface area contributed by atoms with E-state index < -0.39 is 0 Å². The van der Waals surface area contributed by atoms with Gasteiger partial charge in [0.15, 0.2) is 0 Å². The van der Waals surface area contributed by atoms with E-state index in [1.165, 1.54) is 0 Å². The van der Waals surface area contributed by atoms with E-state index in [1.807, 2.05) is 25.3 Å². The summed E-state index contributed by atoms with van der Waals surface area (Å²) >= 11 is 0. The van der Waals surface area contributed by atoms with E-state index in [9.17, 15) is 0 Å². The van der Waals surface area contributed by atoms with Gasteiger partial charge in [0.2, 0.25) is 0 Å². The molecule has 84 valence electrons. The van der Waals surface area contributed by atoms with Crippen LogP contribution in [0, 0.1) is 6.92 Å². The van der Waals surface area contributed by atoms with Gasteiger partial charge in [-0.1, -0.05) is 12.1 Å². The molecule has 1 aliphatic heterocycles. The van der Waals surface area contributed by atoms with Gasteiger partial charge in [0.05, 0.1) is 23.8 Å². The van der Waals surface area contributed by atoms with Crippen LogP contribution < -0.4 is 10.7 Å². The van der Waals surface area contributed by atoms with Crippen molar-refractivity contribution in [1.82, 2.24) is 4.98 Å². The maximum Gasteiger partial charge on any atom is 0.0833 e. The monoisotopic (exact) mass is 223 g/mol. The molecule has 1 aromatic carbocycles. The topological polar surface area (TPSA) is 37.6 Å². The third-order valence-corrected chi connectivity index (χ3v) is 2.96. The Hall–Kier alpha value is -2.03. The predicted molar refractivity (Wildman–Crippen MR) is 66.5 cm³/mol. The third kappa shape index (κ3) is 1.84. The number of hydrogen-bond acceptors (Lipinski definition) is 3. The molecule has 0 saturated carbocycles. The number of pyridine rings is 1. The third-order valence-electron chi connectivity index (χ3n) is 2.96. The van der Waals surface area contributed by atoms with E-state index in [4.69, 9.17) is 0 Å². The molecule has 0 bridgehead atoms. The quantitative estimate of drug-likeness (QED) is 0.718. The SMILES string of the molecule is Cc1ncccc1-c1ccc2c(c1)=NCCN=2. The Kier molecular flexibility index (Phi) is 2.44. The van der Waals surface area contributed by atoms with Gasteiger partial charge in [0.1, 0.15) is 0 Å². The number of aromatic nitrogens is 1. The smallest absolute Gasteiger partial charge is 0.0833 e. The van der Waals surface area contributed by atoms with Crippen molar-refractivity contribution in [2.24, 2.45) is 9.98 Å². The number of aryl methyl sites for hydroxylation is 1. The van der Waals surface area contributed by atoms with Crippen LogP contribution in [0.2, 0.25) is 0 Å². The zero-order valence-corrected chi connectivity index (χ0v) is 9.72. The maximum atomic E-state index is 4.49. The molecular formula is C14H13N3. The highest BCUT2D eigenvalue weighted by atomic mass is 14.8. The normalized spacial score (nSPS) is 13.5. The molecule has 2 aromatic rings. The Morgan fingerprint density at radius 1 is 1.00 bits per heavy atom. The molecule has 2 heterocycles. The van der Waals surface area contributed by atoms with E-state index in [1.54, 1.807) is 0 Å². The Morgan fingerprint density at radius 2 is 1.82 bits per heavy atom. The van der Waals surface area contributed by atoms with Gasteiger partial charge in [-0.15, -0.1) is 0 Å². The van der Waals surface area contributed by atoms with Crippen LogP contribution >= 0.6 is 0 Å². The number of rotatable bonds is 1. The van der Waals surface area contributed by atoms with Crippen molar-refractivity contribution < 1.29 is 0 Å². The lowest BCUT2D eigenvalue weighted by Crippen LogP contribution is -2.29. The van der Waals surface area contributed by atoms with Crippen LogP contribution in [0.15, 0.2) is 46.5 Å². The van der Waals surface area contributed by atoms with Crippen molar-refractivity contribution in [3.63, 3.8) is 0 Å². The Bertz CT molecular complexity index is 674. The fourth-order valence-corrected chi connectivity index (χ4v) is 2.08. The first-order valence-electron chi connectivity index (χ1n) is 5.75. The summed E-state index contributed by atoms with van der Waals surface area (Å²) in [6.07, 6.45) is 1.82. The second kappa shape index (κ2) is 4.09. The van der Waals surface area contributed by atoms with Gasteiger partial charge in [-0.2, -0.15) is 0 Å². The van der Waals surface area contributed by atoms with Crippen LogP contribution in [0.5, 0.6) is 0 Å². The summed E-state index contributed by atoms with van der Waals surface area (Å²) in [6.45, 7) is 3.62. The van der Waals surface area contributed by atoms with Crippen LogP contribution in [0.25, 0.3) is 11.1 Å². The van der Waals surface area contributed by atoms with Gasteiger partial charge in [0, 0.05) is 17.5 Å². The molecule has 1 aromatic heterocycles. The molecule has 0 atom stereocenters. The number of hydrogen-bond donors (Lipinski definition) is 0. The fraction of sp³-hybridized carbons (Fsp3) is 0.214. The minimum absolute atomic E-state index is 0.794. The fourth-order valence-electron chi connectivity index (χ4n) is 2.08. The molecule has 0 radical (unpaired) electrons. The molecule has 3 rings (SSSR count). The van der Waals surface area contributed by atoms with E-state index in [-0.39, 0.29) is 0 Å². The molecule has 0 unspecified atom stereocenters. The molecular weight excluding hydrogens is 210 g/mol. The molecule has 0 saturated heterocycles. The molecule has 1 aliphatic rings. The lowest BCUT2D eigenvalue weighted by molar-refractivity contribution is 0.865. The minimum Gasteiger partial charge on any atom is -0.281 e. The number of nitrogens with zero attached hydrogens (tertiary/aromatic N) is 3. The van der Waals surface area contributed by atoms with Gasteiger partial charge >= 0.3 is 0 Å². The first kappa shape index (κ1) is 10.1. The minimum atomic E-state index is 0.794. The summed E-state index contributed by atoms with van der Waals surface area (Å²) in [6, 6.07) is 10.3. The molecule has 0 fully saturated rings. The maximum absolute atomic E-state index is 4.49. The zero-order chi connectivity index (χ0) is 11.7. The average Bonchev–Trinajstić information content (AvgIpc) is 2.39.